The topological polar surface area (TPSA) is 58.6 Å². The predicted octanol–water partition coefficient (Wildman–Crippen LogP) is 6.01. The molecule has 1 fully saturated rings. The molecule has 4 heterocycles. The number of ether oxygens (including phenoxy) is 1. The van der Waals surface area contributed by atoms with Gasteiger partial charge in [-0.05, 0) is 47.5 Å². The van der Waals surface area contributed by atoms with Crippen LogP contribution >= 0.6 is 11.6 Å². The highest BCUT2D eigenvalue weighted by Gasteiger charge is 2.30. The van der Waals surface area contributed by atoms with Gasteiger partial charge in [-0.2, -0.15) is 0 Å². The third-order valence-corrected chi connectivity index (χ3v) is 7.18. The van der Waals surface area contributed by atoms with Crippen LogP contribution in [0.3, 0.4) is 0 Å². The van der Waals surface area contributed by atoms with Crippen LogP contribution in [-0.2, 0) is 6.54 Å². The first kappa shape index (κ1) is 22.6. The molecule has 0 spiro atoms. The van der Waals surface area contributed by atoms with Crippen LogP contribution in [0, 0.1) is 0 Å². The Kier molecular flexibility index (Phi) is 6.03. The van der Waals surface area contributed by atoms with Gasteiger partial charge < -0.3 is 14.5 Å². The Morgan fingerprint density at radius 2 is 1.67 bits per heavy atom. The number of carbonyl (C=O) groups is 1. The van der Waals surface area contributed by atoms with E-state index in [-0.39, 0.29) is 12.0 Å². The minimum absolute atomic E-state index is 0.0685. The third-order valence-electron chi connectivity index (χ3n) is 6.86. The molecule has 0 saturated carbocycles. The van der Waals surface area contributed by atoms with Gasteiger partial charge >= 0.3 is 0 Å². The van der Waals surface area contributed by atoms with Gasteiger partial charge in [-0.25, -0.2) is 0 Å². The second-order valence-electron chi connectivity index (χ2n) is 9.13. The van der Waals surface area contributed by atoms with Crippen molar-refractivity contribution in [1.29, 1.82) is 0 Å². The summed E-state index contributed by atoms with van der Waals surface area (Å²) in [4.78, 5) is 25.7. The number of amides is 1. The number of piperidine rings is 1. The highest BCUT2D eigenvalue weighted by molar-refractivity contribution is 6.35. The summed E-state index contributed by atoms with van der Waals surface area (Å²) < 4.78 is 6.32. The van der Waals surface area contributed by atoms with Crippen LogP contribution in [0.4, 0.5) is 11.4 Å². The summed E-state index contributed by atoms with van der Waals surface area (Å²) in [6, 6.07) is 19.7. The van der Waals surface area contributed by atoms with E-state index in [9.17, 15) is 4.79 Å². The summed E-state index contributed by atoms with van der Waals surface area (Å²) in [5, 5.41) is 0.497. The molecule has 0 bridgehead atoms. The molecule has 36 heavy (non-hydrogen) atoms. The molecule has 0 radical (unpaired) electrons. The van der Waals surface area contributed by atoms with Crippen molar-refractivity contribution in [3.05, 3.63) is 102 Å². The summed E-state index contributed by atoms with van der Waals surface area (Å²) >= 11 is 6.31. The van der Waals surface area contributed by atoms with E-state index in [1.54, 1.807) is 17.2 Å². The molecule has 2 aromatic carbocycles. The second kappa shape index (κ2) is 9.63. The first-order chi connectivity index (χ1) is 17.7. The fourth-order valence-corrected chi connectivity index (χ4v) is 5.27. The maximum absolute atomic E-state index is 13.1. The number of hydrogen-bond donors (Lipinski definition) is 0. The lowest BCUT2D eigenvalue weighted by molar-refractivity contribution is 0.0996. The molecule has 0 atom stereocenters. The molecule has 0 N–H and O–H groups in total. The summed E-state index contributed by atoms with van der Waals surface area (Å²) in [5.74, 6) is 0.692. The first-order valence-electron chi connectivity index (χ1n) is 12.1. The molecule has 0 unspecified atom stereocenters. The predicted molar refractivity (Wildman–Crippen MR) is 142 cm³/mol. The lowest BCUT2D eigenvalue weighted by atomic mass is 10.1. The lowest BCUT2D eigenvalue weighted by Gasteiger charge is -2.33. The molecular formula is C29H25ClN4O2. The second-order valence-corrected chi connectivity index (χ2v) is 9.54. The van der Waals surface area contributed by atoms with Crippen molar-refractivity contribution in [3.63, 3.8) is 0 Å². The van der Waals surface area contributed by atoms with Crippen LogP contribution in [-0.4, -0.2) is 35.1 Å². The van der Waals surface area contributed by atoms with Gasteiger partial charge in [-0.1, -0.05) is 35.9 Å². The number of benzene rings is 2. The van der Waals surface area contributed by atoms with Crippen LogP contribution in [0.25, 0.3) is 11.1 Å². The molecule has 180 valence electrons. The fraction of sp³-hybridized carbons (Fsp3) is 0.207. The van der Waals surface area contributed by atoms with Crippen LogP contribution < -0.4 is 14.5 Å². The molecule has 1 saturated heterocycles. The zero-order chi connectivity index (χ0) is 24.5. The van der Waals surface area contributed by atoms with E-state index in [0.717, 1.165) is 54.1 Å². The molecule has 6 nitrogen and oxygen atoms in total. The van der Waals surface area contributed by atoms with Crippen molar-refractivity contribution in [2.75, 3.05) is 22.9 Å². The highest BCUT2D eigenvalue weighted by Crippen LogP contribution is 2.35. The van der Waals surface area contributed by atoms with Crippen molar-refractivity contribution in [2.45, 2.75) is 25.5 Å². The molecule has 2 aliphatic rings. The minimum atomic E-state index is -0.0685. The molecule has 4 aromatic rings. The summed E-state index contributed by atoms with van der Waals surface area (Å²) in [6.07, 6.45) is 9.30. The monoisotopic (exact) mass is 496 g/mol. The summed E-state index contributed by atoms with van der Waals surface area (Å²) in [5.41, 5.74) is 5.51. The van der Waals surface area contributed by atoms with Crippen LogP contribution in [0.5, 0.6) is 5.75 Å². The third kappa shape index (κ3) is 4.40. The van der Waals surface area contributed by atoms with Gasteiger partial charge in [-0.15, -0.1) is 0 Å². The quantitative estimate of drug-likeness (QED) is 0.339. The number of aromatic nitrogens is 2. The largest absolute Gasteiger partial charge is 0.489 e. The Hall–Kier alpha value is -3.90. The van der Waals surface area contributed by atoms with Gasteiger partial charge in [0.05, 0.1) is 23.3 Å². The van der Waals surface area contributed by atoms with E-state index < -0.39 is 0 Å². The molecule has 2 aromatic heterocycles. The van der Waals surface area contributed by atoms with E-state index in [4.69, 9.17) is 16.3 Å². The number of nitrogens with zero attached hydrogens (tertiary/aromatic N) is 4. The molecule has 1 amide bonds. The van der Waals surface area contributed by atoms with Crippen molar-refractivity contribution in [2.24, 2.45) is 0 Å². The van der Waals surface area contributed by atoms with E-state index in [1.165, 1.54) is 5.69 Å². The van der Waals surface area contributed by atoms with E-state index >= 15 is 0 Å². The van der Waals surface area contributed by atoms with Crippen molar-refractivity contribution >= 4 is 28.9 Å². The minimum Gasteiger partial charge on any atom is -0.489 e. The van der Waals surface area contributed by atoms with E-state index in [1.807, 2.05) is 73.2 Å². The number of anilines is 2. The Bertz CT molecular complexity index is 1400. The Balaban J connectivity index is 1.16. The van der Waals surface area contributed by atoms with E-state index in [0.29, 0.717) is 17.1 Å². The normalized spacial score (nSPS) is 15.8. The average Bonchev–Trinajstić information content (AvgIpc) is 3.27. The smallest absolute Gasteiger partial charge is 0.260 e. The first-order valence-corrected chi connectivity index (χ1v) is 12.5. The Morgan fingerprint density at radius 1 is 0.861 bits per heavy atom. The van der Waals surface area contributed by atoms with Crippen molar-refractivity contribution < 1.29 is 9.53 Å². The van der Waals surface area contributed by atoms with Gasteiger partial charge in [0, 0.05) is 61.5 Å². The van der Waals surface area contributed by atoms with Gasteiger partial charge in [0.15, 0.2) is 0 Å². The summed E-state index contributed by atoms with van der Waals surface area (Å²) in [6.45, 7) is 2.40. The van der Waals surface area contributed by atoms with Crippen LogP contribution in [0.1, 0.15) is 28.8 Å². The van der Waals surface area contributed by atoms with Crippen molar-refractivity contribution in [3.8, 4) is 16.9 Å². The van der Waals surface area contributed by atoms with Crippen LogP contribution in [0.15, 0.2) is 85.5 Å². The highest BCUT2D eigenvalue weighted by atomic mass is 35.5. The Labute approximate surface area is 215 Å². The zero-order valence-electron chi connectivity index (χ0n) is 19.7. The molecule has 6 rings (SSSR count). The molecule has 7 heteroatoms. The average molecular weight is 497 g/mol. The SMILES string of the molecule is O=C1c2c(Cl)cccc2CN1c1cccc(-c2cncc(OC3CCN(c4ccncc4)CC3)c2)c1. The van der Waals surface area contributed by atoms with Gasteiger partial charge in [0.25, 0.3) is 5.91 Å². The molecular weight excluding hydrogens is 472 g/mol. The van der Waals surface area contributed by atoms with Gasteiger partial charge in [0.2, 0.25) is 0 Å². The number of pyridine rings is 2. The van der Waals surface area contributed by atoms with Gasteiger partial charge in [0.1, 0.15) is 11.9 Å². The molecule has 0 aliphatic carbocycles. The number of carbonyl (C=O) groups excluding carboxylic acids is 1. The standard InChI is InChI=1S/C29H25ClN4O2/c30-27-6-2-4-21-19-34(29(35)28(21)27)24-5-1-3-20(15-24)22-16-26(18-32-17-22)36-25-9-13-33(14-10-25)23-7-11-31-12-8-23/h1-8,11-12,15-18,25H,9-10,13-14,19H2. The number of fused-ring (bicyclic) bond motifs is 1. The number of rotatable bonds is 5. The Morgan fingerprint density at radius 3 is 2.47 bits per heavy atom. The zero-order valence-corrected chi connectivity index (χ0v) is 20.4. The number of hydrogen-bond acceptors (Lipinski definition) is 5. The molecule has 2 aliphatic heterocycles. The fourth-order valence-electron chi connectivity index (χ4n) is 5.00. The number of halogens is 1. The van der Waals surface area contributed by atoms with E-state index in [2.05, 4.69) is 14.9 Å². The maximum atomic E-state index is 13.1. The maximum Gasteiger partial charge on any atom is 0.260 e. The lowest BCUT2D eigenvalue weighted by Crippen LogP contribution is -2.38. The van der Waals surface area contributed by atoms with Crippen LogP contribution in [0.2, 0.25) is 5.02 Å². The summed E-state index contributed by atoms with van der Waals surface area (Å²) in [7, 11) is 0. The van der Waals surface area contributed by atoms with Crippen molar-refractivity contribution in [1.82, 2.24) is 9.97 Å². The van der Waals surface area contributed by atoms with Gasteiger partial charge in [-0.3, -0.25) is 14.8 Å².